The lowest BCUT2D eigenvalue weighted by Crippen LogP contribution is -2.46. The van der Waals surface area contributed by atoms with Gasteiger partial charge in [-0.1, -0.05) is 22.9 Å². The minimum atomic E-state index is -0.313. The predicted octanol–water partition coefficient (Wildman–Crippen LogP) is 2.50. The SMILES string of the molecule is CCN1CCN(c2ccc(Br)cc2[N+](=O)[O-])CC1. The van der Waals surface area contributed by atoms with Crippen molar-refractivity contribution in [3.63, 3.8) is 0 Å². The number of hydrogen-bond donors (Lipinski definition) is 0. The predicted molar refractivity (Wildman–Crippen MR) is 75.1 cm³/mol. The van der Waals surface area contributed by atoms with Crippen LogP contribution in [0.2, 0.25) is 0 Å². The summed E-state index contributed by atoms with van der Waals surface area (Å²) in [6, 6.07) is 5.25. The van der Waals surface area contributed by atoms with Gasteiger partial charge in [0.1, 0.15) is 5.69 Å². The summed E-state index contributed by atoms with van der Waals surface area (Å²) in [7, 11) is 0. The third-order valence-electron chi connectivity index (χ3n) is 3.29. The smallest absolute Gasteiger partial charge is 0.293 e. The van der Waals surface area contributed by atoms with Crippen LogP contribution in [-0.2, 0) is 0 Å². The van der Waals surface area contributed by atoms with Crippen molar-refractivity contribution in [1.29, 1.82) is 0 Å². The molecule has 5 nitrogen and oxygen atoms in total. The summed E-state index contributed by atoms with van der Waals surface area (Å²) in [5.74, 6) is 0. The first-order valence-electron chi connectivity index (χ1n) is 6.03. The molecule has 1 fully saturated rings. The summed E-state index contributed by atoms with van der Waals surface area (Å²) in [5, 5.41) is 11.1. The molecule has 0 aliphatic carbocycles. The van der Waals surface area contributed by atoms with Crippen molar-refractivity contribution in [2.24, 2.45) is 0 Å². The lowest BCUT2D eigenvalue weighted by molar-refractivity contribution is -0.384. The largest absolute Gasteiger partial charge is 0.363 e. The number of nitro groups is 1. The Balaban J connectivity index is 2.21. The molecule has 0 amide bonds. The van der Waals surface area contributed by atoms with Crippen LogP contribution in [0.25, 0.3) is 0 Å². The number of nitrogens with zero attached hydrogens (tertiary/aromatic N) is 3. The van der Waals surface area contributed by atoms with Crippen LogP contribution < -0.4 is 4.90 Å². The topological polar surface area (TPSA) is 49.6 Å². The number of nitro benzene ring substituents is 1. The van der Waals surface area contributed by atoms with Crippen LogP contribution in [0.1, 0.15) is 6.92 Å². The highest BCUT2D eigenvalue weighted by Crippen LogP contribution is 2.31. The van der Waals surface area contributed by atoms with Crippen LogP contribution in [0.15, 0.2) is 22.7 Å². The Morgan fingerprint density at radius 2 is 2.00 bits per heavy atom. The Labute approximate surface area is 115 Å². The molecule has 0 N–H and O–H groups in total. The van der Waals surface area contributed by atoms with Gasteiger partial charge in [0.2, 0.25) is 0 Å². The third-order valence-corrected chi connectivity index (χ3v) is 3.79. The number of piperazine rings is 1. The van der Waals surface area contributed by atoms with Gasteiger partial charge in [-0.3, -0.25) is 10.1 Å². The van der Waals surface area contributed by atoms with Crippen LogP contribution in [0.5, 0.6) is 0 Å². The van der Waals surface area contributed by atoms with Gasteiger partial charge in [0.05, 0.1) is 4.92 Å². The molecular formula is C12H16BrN3O2. The van der Waals surface area contributed by atoms with E-state index < -0.39 is 0 Å². The fraction of sp³-hybridized carbons (Fsp3) is 0.500. The van der Waals surface area contributed by atoms with Crippen molar-refractivity contribution in [3.8, 4) is 0 Å². The van der Waals surface area contributed by atoms with Crippen molar-refractivity contribution in [2.75, 3.05) is 37.6 Å². The molecule has 6 heteroatoms. The van der Waals surface area contributed by atoms with E-state index in [1.807, 2.05) is 12.1 Å². The molecule has 0 spiro atoms. The monoisotopic (exact) mass is 313 g/mol. The van der Waals surface area contributed by atoms with Crippen LogP contribution in [0.4, 0.5) is 11.4 Å². The second-order valence-electron chi connectivity index (χ2n) is 4.31. The number of hydrogen-bond acceptors (Lipinski definition) is 4. The lowest BCUT2D eigenvalue weighted by Gasteiger charge is -2.35. The standard InChI is InChI=1S/C12H16BrN3O2/c1-2-14-5-7-15(8-6-14)11-4-3-10(13)9-12(11)16(17)18/h3-4,9H,2,5-8H2,1H3. The van der Waals surface area contributed by atoms with E-state index in [1.165, 1.54) is 0 Å². The molecule has 1 aliphatic rings. The van der Waals surface area contributed by atoms with Crippen molar-refractivity contribution in [1.82, 2.24) is 4.90 Å². The second-order valence-corrected chi connectivity index (χ2v) is 5.23. The molecule has 2 rings (SSSR count). The summed E-state index contributed by atoms with van der Waals surface area (Å²) in [4.78, 5) is 15.2. The minimum Gasteiger partial charge on any atom is -0.363 e. The van der Waals surface area contributed by atoms with Crippen LogP contribution in [-0.4, -0.2) is 42.5 Å². The van der Waals surface area contributed by atoms with Gasteiger partial charge in [-0.2, -0.15) is 0 Å². The highest BCUT2D eigenvalue weighted by Gasteiger charge is 2.23. The molecule has 18 heavy (non-hydrogen) atoms. The molecule has 0 saturated carbocycles. The zero-order valence-corrected chi connectivity index (χ0v) is 11.9. The Morgan fingerprint density at radius 1 is 1.33 bits per heavy atom. The van der Waals surface area contributed by atoms with Gasteiger partial charge < -0.3 is 9.80 Å². The summed E-state index contributed by atoms with van der Waals surface area (Å²) < 4.78 is 0.741. The average Bonchev–Trinajstić information content (AvgIpc) is 2.39. The molecule has 1 saturated heterocycles. The lowest BCUT2D eigenvalue weighted by atomic mass is 10.2. The van der Waals surface area contributed by atoms with E-state index >= 15 is 0 Å². The van der Waals surface area contributed by atoms with Crippen molar-refractivity contribution in [2.45, 2.75) is 6.92 Å². The van der Waals surface area contributed by atoms with Gasteiger partial charge in [-0.15, -0.1) is 0 Å². The van der Waals surface area contributed by atoms with Crippen LogP contribution in [0.3, 0.4) is 0 Å². The normalized spacial score (nSPS) is 16.9. The fourth-order valence-electron chi connectivity index (χ4n) is 2.22. The number of rotatable bonds is 3. The van der Waals surface area contributed by atoms with Gasteiger partial charge in [0, 0.05) is 36.7 Å². The van der Waals surface area contributed by atoms with Crippen LogP contribution >= 0.6 is 15.9 Å². The maximum Gasteiger partial charge on any atom is 0.293 e. The number of likely N-dealkylation sites (N-methyl/N-ethyl adjacent to an activating group) is 1. The summed E-state index contributed by atoms with van der Waals surface area (Å²) >= 11 is 3.28. The maximum atomic E-state index is 11.1. The number of halogens is 1. The first kappa shape index (κ1) is 13.3. The molecule has 0 atom stereocenters. The zero-order chi connectivity index (χ0) is 13.1. The fourth-order valence-corrected chi connectivity index (χ4v) is 2.56. The maximum absolute atomic E-state index is 11.1. The van der Waals surface area contributed by atoms with E-state index in [-0.39, 0.29) is 10.6 Å². The molecule has 1 aliphatic heterocycles. The Hall–Kier alpha value is -1.14. The molecule has 98 valence electrons. The molecule has 1 aromatic carbocycles. The molecule has 1 heterocycles. The quantitative estimate of drug-likeness (QED) is 0.635. The van der Waals surface area contributed by atoms with E-state index in [9.17, 15) is 10.1 Å². The highest BCUT2D eigenvalue weighted by molar-refractivity contribution is 9.10. The highest BCUT2D eigenvalue weighted by atomic mass is 79.9. The summed E-state index contributed by atoms with van der Waals surface area (Å²) in [6.07, 6.45) is 0. The molecule has 0 unspecified atom stereocenters. The first-order valence-corrected chi connectivity index (χ1v) is 6.82. The molecular weight excluding hydrogens is 298 g/mol. The Kier molecular flexibility index (Phi) is 4.19. The van der Waals surface area contributed by atoms with Crippen molar-refractivity contribution in [3.05, 3.63) is 32.8 Å². The molecule has 0 radical (unpaired) electrons. The van der Waals surface area contributed by atoms with Crippen LogP contribution in [0, 0.1) is 10.1 Å². The minimum absolute atomic E-state index is 0.175. The Bertz CT molecular complexity index is 445. The second kappa shape index (κ2) is 5.67. The third kappa shape index (κ3) is 2.81. The van der Waals surface area contributed by atoms with Crippen molar-refractivity contribution >= 4 is 27.3 Å². The zero-order valence-electron chi connectivity index (χ0n) is 10.3. The summed E-state index contributed by atoms with van der Waals surface area (Å²) in [6.45, 7) is 6.79. The average molecular weight is 314 g/mol. The molecule has 0 aromatic heterocycles. The summed E-state index contributed by atoms with van der Waals surface area (Å²) in [5.41, 5.74) is 0.897. The van der Waals surface area contributed by atoms with E-state index in [4.69, 9.17) is 0 Å². The van der Waals surface area contributed by atoms with Gasteiger partial charge in [0.15, 0.2) is 0 Å². The van der Waals surface area contributed by atoms with Gasteiger partial charge in [-0.05, 0) is 18.7 Å². The van der Waals surface area contributed by atoms with E-state index in [2.05, 4.69) is 32.7 Å². The number of anilines is 1. The first-order chi connectivity index (χ1) is 8.61. The van der Waals surface area contributed by atoms with Crippen molar-refractivity contribution < 1.29 is 4.92 Å². The van der Waals surface area contributed by atoms with E-state index in [0.717, 1.165) is 42.9 Å². The number of benzene rings is 1. The molecule has 0 bridgehead atoms. The van der Waals surface area contributed by atoms with Gasteiger partial charge in [-0.25, -0.2) is 0 Å². The van der Waals surface area contributed by atoms with E-state index in [0.29, 0.717) is 0 Å². The Morgan fingerprint density at radius 3 is 2.56 bits per heavy atom. The van der Waals surface area contributed by atoms with Gasteiger partial charge >= 0.3 is 0 Å². The molecule has 1 aromatic rings. The van der Waals surface area contributed by atoms with E-state index in [1.54, 1.807) is 6.07 Å². The van der Waals surface area contributed by atoms with Gasteiger partial charge in [0.25, 0.3) is 5.69 Å².